The first-order valence-corrected chi connectivity index (χ1v) is 10.8. The van der Waals surface area contributed by atoms with E-state index in [9.17, 15) is 13.2 Å². The molecular weight excluding hydrogens is 384 g/mol. The average molecular weight is 407 g/mol. The summed E-state index contributed by atoms with van der Waals surface area (Å²) in [6, 6.07) is 11.8. The fourth-order valence-electron chi connectivity index (χ4n) is 3.11. The maximum atomic E-state index is 13.3. The summed E-state index contributed by atoms with van der Waals surface area (Å²) in [6.45, 7) is 4.87. The molecule has 2 aromatic rings. The summed E-state index contributed by atoms with van der Waals surface area (Å²) in [5, 5.41) is 3.01. The van der Waals surface area contributed by atoms with Gasteiger partial charge in [0.2, 0.25) is 0 Å². The third-order valence-corrected chi connectivity index (χ3v) is 6.65. The smallest absolute Gasteiger partial charge is 0.264 e. The molecule has 0 spiro atoms. The van der Waals surface area contributed by atoms with Gasteiger partial charge in [0.25, 0.3) is 15.9 Å². The lowest BCUT2D eigenvalue weighted by Crippen LogP contribution is -2.35. The lowest BCUT2D eigenvalue weighted by Gasteiger charge is -2.30. The molecule has 1 amide bonds. The van der Waals surface area contributed by atoms with Crippen molar-refractivity contribution in [1.82, 2.24) is 5.32 Å². The standard InChI is InChI=1S/C20H23ClN2O3S/c1-14(2)13-22-20(24)17-12-16(9-10-18(17)21)27(25,26)23-11-5-7-15-6-3-4-8-19(15)23/h3-4,6,8-10,12,14H,5,7,11,13H2,1-2H3,(H,22,24). The number of fused-ring (bicyclic) bond motifs is 1. The van der Waals surface area contributed by atoms with Crippen LogP contribution in [0.15, 0.2) is 47.4 Å². The van der Waals surface area contributed by atoms with E-state index in [4.69, 9.17) is 11.6 Å². The summed E-state index contributed by atoms with van der Waals surface area (Å²) in [5.41, 5.74) is 1.88. The highest BCUT2D eigenvalue weighted by Gasteiger charge is 2.29. The van der Waals surface area contributed by atoms with Crippen LogP contribution in [-0.4, -0.2) is 27.4 Å². The molecule has 7 heteroatoms. The fraction of sp³-hybridized carbons (Fsp3) is 0.350. The number of benzene rings is 2. The molecule has 0 unspecified atom stereocenters. The molecule has 1 aliphatic rings. The largest absolute Gasteiger partial charge is 0.352 e. The van der Waals surface area contributed by atoms with Gasteiger partial charge in [-0.25, -0.2) is 8.42 Å². The molecule has 0 saturated heterocycles. The molecule has 0 aromatic heterocycles. The van der Waals surface area contributed by atoms with Crippen LogP contribution in [0.25, 0.3) is 0 Å². The van der Waals surface area contributed by atoms with Crippen LogP contribution in [0, 0.1) is 5.92 Å². The number of amides is 1. The van der Waals surface area contributed by atoms with Crippen LogP contribution >= 0.6 is 11.6 Å². The molecular formula is C20H23ClN2O3S. The van der Waals surface area contributed by atoms with Crippen LogP contribution < -0.4 is 9.62 Å². The number of carbonyl (C=O) groups excluding carboxylic acids is 1. The van der Waals surface area contributed by atoms with Gasteiger partial charge in [-0.05, 0) is 48.6 Å². The summed E-state index contributed by atoms with van der Waals surface area (Å²) in [6.07, 6.45) is 1.61. The lowest BCUT2D eigenvalue weighted by atomic mass is 10.0. The zero-order chi connectivity index (χ0) is 19.6. The molecule has 0 aliphatic carbocycles. The quantitative estimate of drug-likeness (QED) is 0.819. The Kier molecular flexibility index (Phi) is 5.77. The molecule has 2 aromatic carbocycles. The van der Waals surface area contributed by atoms with E-state index in [-0.39, 0.29) is 27.3 Å². The Morgan fingerprint density at radius 2 is 1.96 bits per heavy atom. The Balaban J connectivity index is 1.97. The van der Waals surface area contributed by atoms with E-state index in [0.717, 1.165) is 18.4 Å². The predicted molar refractivity (Wildman–Crippen MR) is 108 cm³/mol. The van der Waals surface area contributed by atoms with Gasteiger partial charge in [0.05, 0.1) is 21.2 Å². The number of hydrogen-bond acceptors (Lipinski definition) is 3. The summed E-state index contributed by atoms with van der Waals surface area (Å²) < 4.78 is 27.9. The van der Waals surface area contributed by atoms with Crippen molar-refractivity contribution in [3.05, 3.63) is 58.6 Å². The van der Waals surface area contributed by atoms with Crippen molar-refractivity contribution in [2.75, 3.05) is 17.4 Å². The fourth-order valence-corrected chi connectivity index (χ4v) is 4.88. The topological polar surface area (TPSA) is 66.5 Å². The number of rotatable bonds is 5. The van der Waals surface area contributed by atoms with Crippen LogP contribution in [0.5, 0.6) is 0 Å². The number of para-hydroxylation sites is 1. The van der Waals surface area contributed by atoms with Crippen LogP contribution in [0.4, 0.5) is 5.69 Å². The van der Waals surface area contributed by atoms with E-state index in [2.05, 4.69) is 5.32 Å². The summed E-state index contributed by atoms with van der Waals surface area (Å²) >= 11 is 6.15. The van der Waals surface area contributed by atoms with Gasteiger partial charge in [0.15, 0.2) is 0 Å². The zero-order valence-electron chi connectivity index (χ0n) is 15.4. The Morgan fingerprint density at radius 3 is 2.70 bits per heavy atom. The Labute approximate surface area is 165 Å². The number of anilines is 1. The van der Waals surface area contributed by atoms with Crippen LogP contribution in [0.3, 0.4) is 0 Å². The first kappa shape index (κ1) is 19.7. The normalized spacial score (nSPS) is 14.1. The monoisotopic (exact) mass is 406 g/mol. The molecule has 3 rings (SSSR count). The van der Waals surface area contributed by atoms with Gasteiger partial charge in [-0.1, -0.05) is 43.6 Å². The number of aryl methyl sites for hydroxylation is 1. The van der Waals surface area contributed by atoms with E-state index >= 15 is 0 Å². The average Bonchev–Trinajstić information content (AvgIpc) is 2.65. The Hall–Kier alpha value is -2.05. The number of carbonyl (C=O) groups is 1. The van der Waals surface area contributed by atoms with Gasteiger partial charge in [-0.2, -0.15) is 0 Å². The van der Waals surface area contributed by atoms with Crippen molar-refractivity contribution in [3.63, 3.8) is 0 Å². The molecule has 1 N–H and O–H groups in total. The third kappa shape index (κ3) is 4.12. The summed E-state index contributed by atoms with van der Waals surface area (Å²) in [5.74, 6) is -0.0886. The second kappa shape index (κ2) is 7.90. The van der Waals surface area contributed by atoms with E-state index in [1.807, 2.05) is 38.1 Å². The van der Waals surface area contributed by atoms with Gasteiger partial charge in [-0.3, -0.25) is 9.10 Å². The molecule has 0 radical (unpaired) electrons. The maximum absolute atomic E-state index is 13.3. The first-order valence-electron chi connectivity index (χ1n) is 8.99. The van der Waals surface area contributed by atoms with Crippen LogP contribution in [-0.2, 0) is 16.4 Å². The van der Waals surface area contributed by atoms with Gasteiger partial charge in [0.1, 0.15) is 0 Å². The van der Waals surface area contributed by atoms with Crippen molar-refractivity contribution in [1.29, 1.82) is 0 Å². The molecule has 0 atom stereocenters. The zero-order valence-corrected chi connectivity index (χ0v) is 17.0. The summed E-state index contributed by atoms with van der Waals surface area (Å²) in [4.78, 5) is 12.5. The van der Waals surface area contributed by atoms with Crippen LogP contribution in [0.1, 0.15) is 36.2 Å². The summed E-state index contributed by atoms with van der Waals surface area (Å²) in [7, 11) is -3.78. The number of sulfonamides is 1. The molecule has 1 aliphatic heterocycles. The number of nitrogens with zero attached hydrogens (tertiary/aromatic N) is 1. The molecule has 144 valence electrons. The lowest BCUT2D eigenvalue weighted by molar-refractivity contribution is 0.0949. The predicted octanol–water partition coefficient (Wildman–Crippen LogP) is 3.87. The molecule has 1 heterocycles. The molecule has 0 fully saturated rings. The van der Waals surface area contributed by atoms with Gasteiger partial charge in [-0.15, -0.1) is 0 Å². The second-order valence-electron chi connectivity index (χ2n) is 7.05. The molecule has 27 heavy (non-hydrogen) atoms. The van der Waals surface area contributed by atoms with Crippen molar-refractivity contribution in [3.8, 4) is 0 Å². The Morgan fingerprint density at radius 1 is 1.22 bits per heavy atom. The minimum absolute atomic E-state index is 0.0679. The third-order valence-electron chi connectivity index (χ3n) is 4.51. The highest BCUT2D eigenvalue weighted by molar-refractivity contribution is 7.92. The number of nitrogens with one attached hydrogen (secondary N) is 1. The van der Waals surface area contributed by atoms with E-state index in [1.54, 1.807) is 0 Å². The van der Waals surface area contributed by atoms with E-state index < -0.39 is 10.0 Å². The molecule has 0 saturated carbocycles. The molecule has 0 bridgehead atoms. The van der Waals surface area contributed by atoms with Crippen molar-refractivity contribution in [2.45, 2.75) is 31.6 Å². The minimum Gasteiger partial charge on any atom is -0.352 e. The second-order valence-corrected chi connectivity index (χ2v) is 9.32. The minimum atomic E-state index is -3.78. The SMILES string of the molecule is CC(C)CNC(=O)c1cc(S(=O)(=O)N2CCCc3ccccc32)ccc1Cl. The number of halogens is 1. The number of hydrogen-bond donors (Lipinski definition) is 1. The highest BCUT2D eigenvalue weighted by Crippen LogP contribution is 2.32. The van der Waals surface area contributed by atoms with E-state index in [0.29, 0.717) is 18.8 Å². The molecule has 5 nitrogen and oxygen atoms in total. The Bertz CT molecular complexity index is 957. The van der Waals surface area contributed by atoms with Crippen molar-refractivity contribution >= 4 is 33.2 Å². The van der Waals surface area contributed by atoms with Gasteiger partial charge < -0.3 is 5.32 Å². The van der Waals surface area contributed by atoms with Gasteiger partial charge in [0, 0.05) is 13.1 Å². The van der Waals surface area contributed by atoms with Gasteiger partial charge >= 0.3 is 0 Å². The maximum Gasteiger partial charge on any atom is 0.264 e. The highest BCUT2D eigenvalue weighted by atomic mass is 35.5. The van der Waals surface area contributed by atoms with Crippen molar-refractivity contribution in [2.24, 2.45) is 5.92 Å². The van der Waals surface area contributed by atoms with Crippen molar-refractivity contribution < 1.29 is 13.2 Å². The van der Waals surface area contributed by atoms with E-state index in [1.165, 1.54) is 22.5 Å². The first-order chi connectivity index (χ1) is 12.8. The van der Waals surface area contributed by atoms with Crippen LogP contribution in [0.2, 0.25) is 5.02 Å².